The van der Waals surface area contributed by atoms with Gasteiger partial charge in [0.1, 0.15) is 6.29 Å². The molecule has 1 aliphatic rings. The topological polar surface area (TPSA) is 37.3 Å². The molecule has 1 fully saturated rings. The molecule has 2 nitrogen and oxygen atoms in total. The molecule has 0 bridgehead atoms. The quantitative estimate of drug-likeness (QED) is 0.479. The van der Waals surface area contributed by atoms with E-state index in [1.54, 1.807) is 0 Å². The molecule has 0 aromatic heterocycles. The van der Waals surface area contributed by atoms with E-state index in [9.17, 15) is 9.90 Å². The van der Waals surface area contributed by atoms with Gasteiger partial charge in [0.15, 0.2) is 0 Å². The second-order valence-corrected chi connectivity index (χ2v) is 6.92. The number of aliphatic hydroxyl groups is 1. The summed E-state index contributed by atoms with van der Waals surface area (Å²) < 4.78 is 0. The van der Waals surface area contributed by atoms with E-state index in [4.69, 9.17) is 19.4 Å². The minimum absolute atomic E-state index is 0.0880. The predicted molar refractivity (Wildman–Crippen MR) is 71.7 cm³/mol. The molecule has 1 saturated carbocycles. The Hall–Kier alpha value is -0.0151. The van der Waals surface area contributed by atoms with Crippen molar-refractivity contribution in [3.05, 3.63) is 0 Å². The summed E-state index contributed by atoms with van der Waals surface area (Å²) in [6, 6.07) is 0. The molecule has 4 heteroatoms. The van der Waals surface area contributed by atoms with Gasteiger partial charge < -0.3 is 9.90 Å². The molecule has 2 radical (unpaired) electrons. The van der Waals surface area contributed by atoms with E-state index in [0.29, 0.717) is 12.8 Å². The Morgan fingerprint density at radius 1 is 1.29 bits per heavy atom. The fraction of sp³-hybridized carbons (Fsp3) is 0.923. The van der Waals surface area contributed by atoms with Crippen LogP contribution in [0.2, 0.25) is 5.31 Å². The number of carbonyl (C=O) groups is 1. The summed E-state index contributed by atoms with van der Waals surface area (Å²) in [6.07, 6.45) is 5.73. The van der Waals surface area contributed by atoms with Crippen LogP contribution in [0, 0.1) is 5.41 Å². The fourth-order valence-electron chi connectivity index (χ4n) is 2.55. The summed E-state index contributed by atoms with van der Waals surface area (Å²) in [7, 11) is 6.41. The molecule has 2 unspecified atom stereocenters. The van der Waals surface area contributed by atoms with Crippen LogP contribution in [-0.4, -0.2) is 30.7 Å². The van der Waals surface area contributed by atoms with Crippen molar-refractivity contribution in [3.63, 3.8) is 0 Å². The largest absolute Gasteiger partial charge is 0.395 e. The monoisotopic (exact) mass is 256 g/mol. The average molecular weight is 257 g/mol. The molecular formula is C13H22BClO2. The first-order valence-corrected chi connectivity index (χ1v) is 6.71. The van der Waals surface area contributed by atoms with E-state index in [0.717, 1.165) is 32.0 Å². The van der Waals surface area contributed by atoms with Gasteiger partial charge in [-0.05, 0) is 32.0 Å². The van der Waals surface area contributed by atoms with Crippen LogP contribution in [-0.2, 0) is 4.79 Å². The maximum Gasteiger partial charge on any atom is 0.128 e. The molecule has 1 aliphatic carbocycles. The Balaban J connectivity index is 2.86. The number of hydrogen-bond donors (Lipinski definition) is 1. The first kappa shape index (κ1) is 15.0. The van der Waals surface area contributed by atoms with E-state index in [-0.39, 0.29) is 6.61 Å². The number of aldehydes is 1. The van der Waals surface area contributed by atoms with Crippen LogP contribution < -0.4 is 0 Å². The van der Waals surface area contributed by atoms with Crippen molar-refractivity contribution in [3.8, 4) is 0 Å². The fourth-order valence-corrected chi connectivity index (χ4v) is 2.74. The van der Waals surface area contributed by atoms with Gasteiger partial charge in [-0.25, -0.2) is 0 Å². The molecule has 0 aromatic carbocycles. The maximum absolute atomic E-state index is 11.2. The third-order valence-electron chi connectivity index (χ3n) is 4.37. The van der Waals surface area contributed by atoms with E-state index in [1.807, 2.05) is 13.8 Å². The summed E-state index contributed by atoms with van der Waals surface area (Å²) >= 11 is 6.38. The van der Waals surface area contributed by atoms with Crippen LogP contribution >= 0.6 is 11.6 Å². The molecular weight excluding hydrogens is 234 g/mol. The zero-order valence-electron chi connectivity index (χ0n) is 10.8. The van der Waals surface area contributed by atoms with Crippen LogP contribution in [0.15, 0.2) is 0 Å². The Morgan fingerprint density at radius 3 is 2.35 bits per heavy atom. The van der Waals surface area contributed by atoms with Crippen molar-refractivity contribution in [2.24, 2.45) is 5.41 Å². The normalized spacial score (nSPS) is 36.0. The van der Waals surface area contributed by atoms with Gasteiger partial charge >= 0.3 is 0 Å². The Morgan fingerprint density at radius 2 is 1.88 bits per heavy atom. The highest BCUT2D eigenvalue weighted by Gasteiger charge is 2.42. The first-order valence-electron chi connectivity index (χ1n) is 6.34. The van der Waals surface area contributed by atoms with E-state index in [1.165, 1.54) is 0 Å². The van der Waals surface area contributed by atoms with Gasteiger partial charge in [0.25, 0.3) is 0 Å². The minimum atomic E-state index is -0.604. The lowest BCUT2D eigenvalue weighted by atomic mass is 9.54. The van der Waals surface area contributed by atoms with Gasteiger partial charge in [0.05, 0.1) is 14.5 Å². The van der Waals surface area contributed by atoms with Gasteiger partial charge in [0.2, 0.25) is 0 Å². The number of aliphatic hydroxyl groups excluding tert-OH is 1. The lowest BCUT2D eigenvalue weighted by Crippen LogP contribution is -2.38. The lowest BCUT2D eigenvalue weighted by molar-refractivity contribution is -0.119. The summed E-state index contributed by atoms with van der Waals surface area (Å²) in [6.45, 7) is 3.77. The Bertz CT molecular complexity index is 277. The number of rotatable bonds is 3. The smallest absolute Gasteiger partial charge is 0.128 e. The van der Waals surface area contributed by atoms with Crippen molar-refractivity contribution in [2.75, 3.05) is 6.61 Å². The third-order valence-corrected chi connectivity index (χ3v) is 4.74. The van der Waals surface area contributed by atoms with Gasteiger partial charge in [-0.3, -0.25) is 0 Å². The first-order chi connectivity index (χ1) is 7.79. The predicted octanol–water partition coefficient (Wildman–Crippen LogP) is 2.86. The summed E-state index contributed by atoms with van der Waals surface area (Å²) in [5.41, 5.74) is -0.604. The lowest BCUT2D eigenvalue weighted by Gasteiger charge is -2.44. The van der Waals surface area contributed by atoms with Crippen LogP contribution in [0.3, 0.4) is 0 Å². The summed E-state index contributed by atoms with van der Waals surface area (Å²) in [4.78, 5) is 10.7. The number of alkyl halides is 1. The molecule has 96 valence electrons. The maximum atomic E-state index is 11.2. The molecule has 0 heterocycles. The third kappa shape index (κ3) is 3.26. The van der Waals surface area contributed by atoms with Crippen molar-refractivity contribution < 1.29 is 9.90 Å². The molecule has 17 heavy (non-hydrogen) atoms. The molecule has 0 aliphatic heterocycles. The van der Waals surface area contributed by atoms with E-state index < -0.39 is 15.6 Å². The van der Waals surface area contributed by atoms with Crippen LogP contribution in [0.25, 0.3) is 0 Å². The van der Waals surface area contributed by atoms with E-state index >= 15 is 0 Å². The highest BCUT2D eigenvalue weighted by molar-refractivity contribution is 6.31. The zero-order valence-corrected chi connectivity index (χ0v) is 11.6. The zero-order chi connectivity index (χ0) is 13.2. The number of hydrogen-bond acceptors (Lipinski definition) is 2. The second-order valence-electron chi connectivity index (χ2n) is 5.97. The van der Waals surface area contributed by atoms with Crippen molar-refractivity contribution in [2.45, 2.75) is 62.6 Å². The average Bonchev–Trinajstić information content (AvgIpc) is 2.24. The molecule has 2 atom stereocenters. The van der Waals surface area contributed by atoms with E-state index in [2.05, 4.69) is 0 Å². The van der Waals surface area contributed by atoms with Gasteiger partial charge in [-0.1, -0.05) is 25.7 Å². The molecule has 1 N–H and O–H groups in total. The van der Waals surface area contributed by atoms with Crippen molar-refractivity contribution >= 4 is 25.7 Å². The molecule has 1 rings (SSSR count). The summed E-state index contributed by atoms with van der Waals surface area (Å²) in [5.74, 6) is 0. The Kier molecular flexibility index (Phi) is 4.70. The van der Waals surface area contributed by atoms with Gasteiger partial charge in [0, 0.05) is 10.3 Å². The van der Waals surface area contributed by atoms with Crippen LogP contribution in [0.4, 0.5) is 0 Å². The van der Waals surface area contributed by atoms with Crippen molar-refractivity contribution in [1.82, 2.24) is 0 Å². The Labute approximate surface area is 111 Å². The molecule has 0 aromatic rings. The highest BCUT2D eigenvalue weighted by Crippen LogP contribution is 2.52. The second kappa shape index (κ2) is 5.32. The summed E-state index contributed by atoms with van der Waals surface area (Å²) in [5, 5.41) is 8.97. The van der Waals surface area contributed by atoms with Crippen LogP contribution in [0.5, 0.6) is 0 Å². The van der Waals surface area contributed by atoms with Gasteiger partial charge in [-0.2, -0.15) is 0 Å². The number of carbonyl (C=O) groups excluding carboxylic acids is 1. The molecule has 0 saturated heterocycles. The number of halogens is 1. The van der Waals surface area contributed by atoms with Gasteiger partial charge in [-0.15, -0.1) is 11.6 Å². The molecule has 0 spiro atoms. The molecule has 0 amide bonds. The van der Waals surface area contributed by atoms with Crippen LogP contribution in [0.1, 0.15) is 52.4 Å². The van der Waals surface area contributed by atoms with Crippen molar-refractivity contribution in [1.29, 1.82) is 0 Å². The minimum Gasteiger partial charge on any atom is -0.395 e. The standard InChI is InChI=1S/C13H22BClO2/c1-11(2,15)13(14)6-4-3-5-12(9-16,10-17)7-8-13/h9,17H,3-8,10H2,1-2H3. The highest BCUT2D eigenvalue weighted by atomic mass is 35.5. The SMILES string of the molecule is [B]C1(C(C)(C)Cl)CCCCC(C=O)(CO)CC1.